The zero-order valence-corrected chi connectivity index (χ0v) is 20.5. The zero-order valence-electron chi connectivity index (χ0n) is 20.5. The van der Waals surface area contributed by atoms with Crippen molar-refractivity contribution in [3.63, 3.8) is 0 Å². The third-order valence-corrected chi connectivity index (χ3v) is 6.97. The van der Waals surface area contributed by atoms with E-state index in [1.54, 1.807) is 7.11 Å². The minimum atomic E-state index is 0.445. The number of aryl methyl sites for hydroxylation is 1. The standard InChI is InChI=1S/C26H35N5O4/c1-32-23-16-21-22(17-24(23)34-12-4-9-31-10-13-33-14-11-31)27-18-28-26(21)35-25-15-20(29-30-25)8-7-19-5-2-3-6-19/h15-19H,2-14H2,1H3,(H,29,30). The van der Waals surface area contributed by atoms with Crippen molar-refractivity contribution in [2.45, 2.75) is 44.9 Å². The molecule has 0 bridgehead atoms. The highest BCUT2D eigenvalue weighted by Crippen LogP contribution is 2.36. The number of H-pyrrole nitrogens is 1. The van der Waals surface area contributed by atoms with Crippen LogP contribution in [0.25, 0.3) is 10.9 Å². The molecule has 9 heteroatoms. The number of ether oxygens (including phenoxy) is 4. The Labute approximate surface area is 206 Å². The van der Waals surface area contributed by atoms with Crippen LogP contribution >= 0.6 is 0 Å². The molecule has 3 aromatic rings. The van der Waals surface area contributed by atoms with Crippen LogP contribution in [0.3, 0.4) is 0 Å². The molecule has 2 aromatic heterocycles. The molecule has 1 aliphatic heterocycles. The van der Waals surface area contributed by atoms with E-state index in [-0.39, 0.29) is 0 Å². The highest BCUT2D eigenvalue weighted by molar-refractivity contribution is 5.86. The molecule has 1 saturated heterocycles. The molecule has 0 spiro atoms. The number of aromatic amines is 1. The number of hydrogen-bond acceptors (Lipinski definition) is 8. The van der Waals surface area contributed by atoms with E-state index < -0.39 is 0 Å². The fraction of sp³-hybridized carbons (Fsp3) is 0.577. The van der Waals surface area contributed by atoms with Gasteiger partial charge < -0.3 is 18.9 Å². The van der Waals surface area contributed by atoms with Crippen LogP contribution in [0.4, 0.5) is 0 Å². The molecule has 188 valence electrons. The average Bonchev–Trinajstić information content (AvgIpc) is 3.58. The summed E-state index contributed by atoms with van der Waals surface area (Å²) in [6.07, 6.45) is 10.1. The summed E-state index contributed by atoms with van der Waals surface area (Å²) in [5.41, 5.74) is 1.83. The fourth-order valence-corrected chi connectivity index (χ4v) is 4.97. The zero-order chi connectivity index (χ0) is 23.9. The van der Waals surface area contributed by atoms with E-state index in [0.29, 0.717) is 29.9 Å². The van der Waals surface area contributed by atoms with Crippen molar-refractivity contribution in [1.82, 2.24) is 25.1 Å². The molecule has 3 heterocycles. The number of aromatic nitrogens is 4. The summed E-state index contributed by atoms with van der Waals surface area (Å²) in [7, 11) is 1.64. The molecule has 2 fully saturated rings. The van der Waals surface area contributed by atoms with Gasteiger partial charge in [0.15, 0.2) is 11.5 Å². The van der Waals surface area contributed by atoms with Crippen molar-refractivity contribution in [2.24, 2.45) is 5.92 Å². The molecular weight excluding hydrogens is 446 g/mol. The Balaban J connectivity index is 1.22. The van der Waals surface area contributed by atoms with Crippen molar-refractivity contribution in [2.75, 3.05) is 46.6 Å². The number of hydrogen-bond donors (Lipinski definition) is 1. The monoisotopic (exact) mass is 481 g/mol. The second-order valence-corrected chi connectivity index (χ2v) is 9.38. The Hall–Kier alpha value is -2.91. The maximum absolute atomic E-state index is 6.06. The van der Waals surface area contributed by atoms with Crippen molar-refractivity contribution >= 4 is 10.9 Å². The van der Waals surface area contributed by atoms with Crippen LogP contribution in [-0.2, 0) is 11.2 Å². The average molecular weight is 482 g/mol. The van der Waals surface area contributed by atoms with E-state index in [9.17, 15) is 0 Å². The Morgan fingerprint density at radius 2 is 1.94 bits per heavy atom. The normalized spacial score (nSPS) is 17.2. The second kappa shape index (κ2) is 11.7. The van der Waals surface area contributed by atoms with Crippen LogP contribution in [0, 0.1) is 5.92 Å². The maximum Gasteiger partial charge on any atom is 0.240 e. The van der Waals surface area contributed by atoms with E-state index in [4.69, 9.17) is 18.9 Å². The first-order valence-corrected chi connectivity index (χ1v) is 12.8. The van der Waals surface area contributed by atoms with Gasteiger partial charge >= 0.3 is 0 Å². The largest absolute Gasteiger partial charge is 0.493 e. The van der Waals surface area contributed by atoms with Gasteiger partial charge in [0.2, 0.25) is 11.8 Å². The molecule has 0 amide bonds. The molecule has 2 aliphatic rings. The van der Waals surface area contributed by atoms with Crippen molar-refractivity contribution in [3.8, 4) is 23.3 Å². The molecule has 35 heavy (non-hydrogen) atoms. The summed E-state index contributed by atoms with van der Waals surface area (Å²) in [4.78, 5) is 11.2. The highest BCUT2D eigenvalue weighted by Gasteiger charge is 2.17. The molecular formula is C26H35N5O4. The number of morpholine rings is 1. The topological polar surface area (TPSA) is 94.6 Å². The van der Waals surface area contributed by atoms with Crippen LogP contribution < -0.4 is 14.2 Å². The number of nitrogens with zero attached hydrogens (tertiary/aromatic N) is 4. The first-order chi connectivity index (χ1) is 17.3. The lowest BCUT2D eigenvalue weighted by molar-refractivity contribution is 0.0357. The lowest BCUT2D eigenvalue weighted by atomic mass is 10.0. The molecule has 5 rings (SSSR count). The Kier molecular flexibility index (Phi) is 7.95. The molecule has 1 aromatic carbocycles. The van der Waals surface area contributed by atoms with E-state index in [0.717, 1.165) is 68.2 Å². The predicted octanol–water partition coefficient (Wildman–Crippen LogP) is 4.38. The summed E-state index contributed by atoms with van der Waals surface area (Å²) >= 11 is 0. The summed E-state index contributed by atoms with van der Waals surface area (Å²) in [5.74, 6) is 3.09. The van der Waals surface area contributed by atoms with Gasteiger partial charge in [0.25, 0.3) is 0 Å². The Morgan fingerprint density at radius 1 is 1.09 bits per heavy atom. The number of nitrogens with one attached hydrogen (secondary N) is 1. The second-order valence-electron chi connectivity index (χ2n) is 9.38. The van der Waals surface area contributed by atoms with Gasteiger partial charge in [-0.05, 0) is 31.2 Å². The SMILES string of the molecule is COc1cc2c(Oc3cc(CCC4CCCC4)[nH]n3)ncnc2cc1OCCCN1CCOCC1. The minimum absolute atomic E-state index is 0.445. The van der Waals surface area contributed by atoms with E-state index in [1.807, 2.05) is 18.2 Å². The first kappa shape index (κ1) is 23.8. The maximum atomic E-state index is 6.06. The first-order valence-electron chi connectivity index (χ1n) is 12.8. The van der Waals surface area contributed by atoms with Gasteiger partial charge in [-0.3, -0.25) is 10.00 Å². The van der Waals surface area contributed by atoms with Gasteiger partial charge in [0, 0.05) is 37.5 Å². The molecule has 1 aliphatic carbocycles. The molecule has 1 N–H and O–H groups in total. The summed E-state index contributed by atoms with van der Waals surface area (Å²) in [6, 6.07) is 5.72. The highest BCUT2D eigenvalue weighted by atomic mass is 16.5. The van der Waals surface area contributed by atoms with Crippen LogP contribution in [0.1, 0.15) is 44.2 Å². The van der Waals surface area contributed by atoms with Gasteiger partial charge in [-0.2, -0.15) is 0 Å². The minimum Gasteiger partial charge on any atom is -0.493 e. The van der Waals surface area contributed by atoms with Gasteiger partial charge in [0.05, 0.1) is 37.8 Å². The third kappa shape index (κ3) is 6.21. The Morgan fingerprint density at radius 3 is 2.77 bits per heavy atom. The van der Waals surface area contributed by atoms with Crippen molar-refractivity contribution < 1.29 is 18.9 Å². The lowest BCUT2D eigenvalue weighted by Gasteiger charge is -2.26. The third-order valence-electron chi connectivity index (χ3n) is 6.97. The molecule has 1 saturated carbocycles. The van der Waals surface area contributed by atoms with Crippen LogP contribution in [-0.4, -0.2) is 71.6 Å². The van der Waals surface area contributed by atoms with Gasteiger partial charge in [-0.25, -0.2) is 9.97 Å². The number of rotatable bonds is 11. The molecule has 9 nitrogen and oxygen atoms in total. The van der Waals surface area contributed by atoms with E-state index in [1.165, 1.54) is 38.4 Å². The van der Waals surface area contributed by atoms with Crippen LogP contribution in [0.2, 0.25) is 0 Å². The number of methoxy groups -OCH3 is 1. The predicted molar refractivity (Wildman–Crippen MR) is 132 cm³/mol. The quantitative estimate of drug-likeness (QED) is 0.403. The summed E-state index contributed by atoms with van der Waals surface area (Å²) < 4.78 is 23.1. The fourth-order valence-electron chi connectivity index (χ4n) is 4.97. The summed E-state index contributed by atoms with van der Waals surface area (Å²) in [5, 5.41) is 8.20. The number of benzene rings is 1. The molecule has 0 radical (unpaired) electrons. The van der Waals surface area contributed by atoms with Crippen LogP contribution in [0.15, 0.2) is 24.5 Å². The van der Waals surface area contributed by atoms with E-state index in [2.05, 4.69) is 25.1 Å². The van der Waals surface area contributed by atoms with Gasteiger partial charge in [-0.1, -0.05) is 25.7 Å². The number of fused-ring (bicyclic) bond motifs is 1. The van der Waals surface area contributed by atoms with Gasteiger partial charge in [-0.15, -0.1) is 5.10 Å². The smallest absolute Gasteiger partial charge is 0.240 e. The summed E-state index contributed by atoms with van der Waals surface area (Å²) in [6.45, 7) is 5.18. The van der Waals surface area contributed by atoms with Gasteiger partial charge in [0.1, 0.15) is 6.33 Å². The van der Waals surface area contributed by atoms with Crippen molar-refractivity contribution in [1.29, 1.82) is 0 Å². The van der Waals surface area contributed by atoms with E-state index >= 15 is 0 Å². The Bertz CT molecular complexity index is 1090. The van der Waals surface area contributed by atoms with Crippen LogP contribution in [0.5, 0.6) is 23.3 Å². The van der Waals surface area contributed by atoms with Crippen molar-refractivity contribution in [3.05, 3.63) is 30.2 Å². The molecule has 0 unspecified atom stereocenters. The lowest BCUT2D eigenvalue weighted by Crippen LogP contribution is -2.37. The molecule has 0 atom stereocenters.